The molecule has 0 aliphatic heterocycles. The van der Waals surface area contributed by atoms with Gasteiger partial charge in [-0.3, -0.25) is 4.79 Å². The van der Waals surface area contributed by atoms with E-state index in [-0.39, 0.29) is 12.5 Å². The van der Waals surface area contributed by atoms with Crippen molar-refractivity contribution in [3.63, 3.8) is 0 Å². The van der Waals surface area contributed by atoms with Gasteiger partial charge in [-0.15, -0.1) is 0 Å². The maximum Gasteiger partial charge on any atom is 0.260 e. The number of hydrogen-bond acceptors (Lipinski definition) is 3. The van der Waals surface area contributed by atoms with Gasteiger partial charge in [-0.1, -0.05) is 35.9 Å². The van der Waals surface area contributed by atoms with Crippen LogP contribution in [0.25, 0.3) is 0 Å². The summed E-state index contributed by atoms with van der Waals surface area (Å²) >= 11 is 5.92. The summed E-state index contributed by atoms with van der Waals surface area (Å²) in [4.78, 5) is 13.6. The first-order chi connectivity index (χ1) is 10.6. The Morgan fingerprint density at radius 3 is 2.77 bits per heavy atom. The zero-order valence-electron chi connectivity index (χ0n) is 12.1. The van der Waals surface area contributed by atoms with Crippen LogP contribution >= 0.6 is 11.6 Å². The van der Waals surface area contributed by atoms with E-state index in [0.29, 0.717) is 22.9 Å². The van der Waals surface area contributed by atoms with Crippen LogP contribution in [0.1, 0.15) is 11.1 Å². The molecule has 1 amide bonds. The number of amides is 1. The zero-order chi connectivity index (χ0) is 15.9. The molecule has 0 fully saturated rings. The Bertz CT molecular complexity index is 710. The Kier molecular flexibility index (Phi) is 5.40. The third kappa shape index (κ3) is 4.24. The fourth-order valence-electron chi connectivity index (χ4n) is 1.93. The number of carbonyl (C=O) groups excluding carboxylic acids is 1. The first kappa shape index (κ1) is 15.9. The molecule has 0 N–H and O–H groups in total. The van der Waals surface area contributed by atoms with Crippen LogP contribution in [0.5, 0.6) is 5.75 Å². The fourth-order valence-corrected chi connectivity index (χ4v) is 2.14. The second kappa shape index (κ2) is 7.48. The second-order valence-corrected chi connectivity index (χ2v) is 5.21. The van der Waals surface area contributed by atoms with Crippen molar-refractivity contribution in [1.82, 2.24) is 4.90 Å². The molecule has 0 saturated carbocycles. The van der Waals surface area contributed by atoms with E-state index in [1.165, 1.54) is 0 Å². The van der Waals surface area contributed by atoms with Gasteiger partial charge < -0.3 is 9.64 Å². The van der Waals surface area contributed by atoms with Crippen molar-refractivity contribution in [3.8, 4) is 11.8 Å². The van der Waals surface area contributed by atoms with Gasteiger partial charge in [0, 0.05) is 18.6 Å². The standard InChI is InChI=1S/C17H15ClN2O2/c1-20(11-13-5-4-7-15(18)9-13)17(21)12-22-16-8-3-2-6-14(16)10-19/h2-9H,11-12H2,1H3. The number of likely N-dealkylation sites (N-methyl/N-ethyl adjacent to an activating group) is 1. The van der Waals surface area contributed by atoms with Crippen LogP contribution in [0.15, 0.2) is 48.5 Å². The van der Waals surface area contributed by atoms with Gasteiger partial charge in [-0.2, -0.15) is 5.26 Å². The Labute approximate surface area is 134 Å². The van der Waals surface area contributed by atoms with Gasteiger partial charge in [0.1, 0.15) is 11.8 Å². The van der Waals surface area contributed by atoms with Gasteiger partial charge in [0.05, 0.1) is 5.56 Å². The number of rotatable bonds is 5. The first-order valence-electron chi connectivity index (χ1n) is 6.70. The number of nitrogens with zero attached hydrogens (tertiary/aromatic N) is 2. The van der Waals surface area contributed by atoms with Crippen LogP contribution in [0.4, 0.5) is 0 Å². The van der Waals surface area contributed by atoms with Crippen LogP contribution in [0.2, 0.25) is 5.02 Å². The van der Waals surface area contributed by atoms with Gasteiger partial charge in [-0.05, 0) is 29.8 Å². The third-order valence-corrected chi connectivity index (χ3v) is 3.33. The minimum atomic E-state index is -0.173. The summed E-state index contributed by atoms with van der Waals surface area (Å²) in [5.41, 5.74) is 1.36. The molecule has 0 bridgehead atoms. The fraction of sp³-hybridized carbons (Fsp3) is 0.176. The maximum absolute atomic E-state index is 12.1. The van der Waals surface area contributed by atoms with E-state index in [1.54, 1.807) is 42.3 Å². The van der Waals surface area contributed by atoms with Gasteiger partial charge in [0.25, 0.3) is 5.91 Å². The van der Waals surface area contributed by atoms with E-state index in [9.17, 15) is 4.79 Å². The third-order valence-electron chi connectivity index (χ3n) is 3.09. The van der Waals surface area contributed by atoms with E-state index in [0.717, 1.165) is 5.56 Å². The maximum atomic E-state index is 12.1. The summed E-state index contributed by atoms with van der Waals surface area (Å²) in [6.45, 7) is 0.332. The van der Waals surface area contributed by atoms with Crippen LogP contribution in [0.3, 0.4) is 0 Å². The lowest BCUT2D eigenvalue weighted by atomic mass is 10.2. The lowest BCUT2D eigenvalue weighted by Crippen LogP contribution is -2.31. The SMILES string of the molecule is CN(Cc1cccc(Cl)c1)C(=O)COc1ccccc1C#N. The van der Waals surface area contributed by atoms with Crippen molar-refractivity contribution in [2.24, 2.45) is 0 Å². The number of benzene rings is 2. The van der Waals surface area contributed by atoms with Gasteiger partial charge in [-0.25, -0.2) is 0 Å². The molecule has 0 heterocycles. The van der Waals surface area contributed by atoms with Crippen molar-refractivity contribution in [2.45, 2.75) is 6.54 Å². The number of para-hydroxylation sites is 1. The molecule has 0 radical (unpaired) electrons. The van der Waals surface area contributed by atoms with Crippen molar-refractivity contribution in [2.75, 3.05) is 13.7 Å². The molecule has 0 aliphatic rings. The molecular weight excluding hydrogens is 300 g/mol. The van der Waals surface area contributed by atoms with Crippen molar-refractivity contribution in [1.29, 1.82) is 5.26 Å². The van der Waals surface area contributed by atoms with Crippen molar-refractivity contribution >= 4 is 17.5 Å². The molecule has 0 spiro atoms. The molecule has 4 nitrogen and oxygen atoms in total. The summed E-state index contributed by atoms with van der Waals surface area (Å²) < 4.78 is 5.43. The second-order valence-electron chi connectivity index (χ2n) is 4.78. The lowest BCUT2D eigenvalue weighted by Gasteiger charge is -2.18. The molecule has 112 valence electrons. The predicted molar refractivity (Wildman–Crippen MR) is 84.6 cm³/mol. The molecule has 0 aliphatic carbocycles. The highest BCUT2D eigenvalue weighted by Crippen LogP contribution is 2.17. The number of nitriles is 1. The highest BCUT2D eigenvalue weighted by molar-refractivity contribution is 6.30. The van der Waals surface area contributed by atoms with E-state index in [1.807, 2.05) is 24.3 Å². The molecular formula is C17H15ClN2O2. The normalized spacial score (nSPS) is 9.86. The van der Waals surface area contributed by atoms with Crippen LogP contribution in [0, 0.1) is 11.3 Å². The number of carbonyl (C=O) groups is 1. The van der Waals surface area contributed by atoms with Crippen LogP contribution < -0.4 is 4.74 Å². The molecule has 5 heteroatoms. The smallest absolute Gasteiger partial charge is 0.260 e. The van der Waals surface area contributed by atoms with E-state index >= 15 is 0 Å². The molecule has 22 heavy (non-hydrogen) atoms. The molecule has 0 aromatic heterocycles. The lowest BCUT2D eigenvalue weighted by molar-refractivity contribution is -0.132. The minimum absolute atomic E-state index is 0.115. The summed E-state index contributed by atoms with van der Waals surface area (Å²) in [6.07, 6.45) is 0. The van der Waals surface area contributed by atoms with Crippen molar-refractivity contribution in [3.05, 3.63) is 64.7 Å². The van der Waals surface area contributed by atoms with Gasteiger partial charge >= 0.3 is 0 Å². The van der Waals surface area contributed by atoms with Crippen LogP contribution in [-0.2, 0) is 11.3 Å². The average Bonchev–Trinajstić information content (AvgIpc) is 2.52. The zero-order valence-corrected chi connectivity index (χ0v) is 12.9. The van der Waals surface area contributed by atoms with E-state index < -0.39 is 0 Å². The number of ether oxygens (including phenoxy) is 1. The topological polar surface area (TPSA) is 53.3 Å². The highest BCUT2D eigenvalue weighted by atomic mass is 35.5. The Balaban J connectivity index is 1.93. The molecule has 0 saturated heterocycles. The average molecular weight is 315 g/mol. The van der Waals surface area contributed by atoms with Gasteiger partial charge in [0.2, 0.25) is 0 Å². The summed E-state index contributed by atoms with van der Waals surface area (Å²) in [6, 6.07) is 16.2. The number of halogens is 1. The molecule has 0 unspecified atom stereocenters. The van der Waals surface area contributed by atoms with E-state index in [2.05, 4.69) is 0 Å². The summed E-state index contributed by atoms with van der Waals surface area (Å²) in [5.74, 6) is 0.238. The molecule has 2 rings (SSSR count). The Hall–Kier alpha value is -2.51. The van der Waals surface area contributed by atoms with Gasteiger partial charge in [0.15, 0.2) is 6.61 Å². The quantitative estimate of drug-likeness (QED) is 0.851. The van der Waals surface area contributed by atoms with Crippen LogP contribution in [-0.4, -0.2) is 24.5 Å². The first-order valence-corrected chi connectivity index (χ1v) is 7.08. The van der Waals surface area contributed by atoms with E-state index in [4.69, 9.17) is 21.6 Å². The number of hydrogen-bond donors (Lipinski definition) is 0. The summed E-state index contributed by atoms with van der Waals surface area (Å²) in [7, 11) is 1.70. The molecule has 0 atom stereocenters. The monoisotopic (exact) mass is 314 g/mol. The Morgan fingerprint density at radius 2 is 2.05 bits per heavy atom. The predicted octanol–water partition coefficient (Wildman–Crippen LogP) is 3.25. The Morgan fingerprint density at radius 1 is 1.27 bits per heavy atom. The minimum Gasteiger partial charge on any atom is -0.482 e. The molecule has 2 aromatic rings. The van der Waals surface area contributed by atoms with Crippen molar-refractivity contribution < 1.29 is 9.53 Å². The molecule has 2 aromatic carbocycles. The summed E-state index contributed by atoms with van der Waals surface area (Å²) in [5, 5.41) is 9.61. The highest BCUT2D eigenvalue weighted by Gasteiger charge is 2.11. The largest absolute Gasteiger partial charge is 0.482 e.